The molecule has 0 aromatic heterocycles. The molecule has 0 unspecified atom stereocenters. The zero-order valence-corrected chi connectivity index (χ0v) is 15.8. The van der Waals surface area contributed by atoms with Crippen molar-refractivity contribution < 1.29 is 9.13 Å². The highest BCUT2D eigenvalue weighted by molar-refractivity contribution is 5.78. The molecular weight excluding hydrogens is 333 g/mol. The van der Waals surface area contributed by atoms with Crippen LogP contribution in [0.3, 0.4) is 0 Å². The topological polar surface area (TPSA) is 57.3 Å². The summed E-state index contributed by atoms with van der Waals surface area (Å²) in [6, 6.07) is 6.66. The molecule has 7 heteroatoms. The lowest BCUT2D eigenvalue weighted by atomic mass is 10.0. The third kappa shape index (κ3) is 4.65. The molecule has 0 spiro atoms. The molecule has 2 aliphatic rings. The summed E-state index contributed by atoms with van der Waals surface area (Å²) < 4.78 is 18.5. The molecule has 2 heterocycles. The number of nitrogens with zero attached hydrogens (tertiary/aromatic N) is 4. The lowest BCUT2D eigenvalue weighted by Crippen LogP contribution is -2.53. The molecule has 2 fully saturated rings. The standard InChI is InChI=1S/C19H30FN5O/c1-19(2,25-11-13-26-14-12-25)15-22-18(21)24-9-7-23(8-10-24)17-5-3-16(20)4-6-17/h3-6H,7-15H2,1-2H3,(H2,21,22). The van der Waals surface area contributed by atoms with Gasteiger partial charge in [-0.2, -0.15) is 0 Å². The highest BCUT2D eigenvalue weighted by Gasteiger charge is 2.28. The Bertz CT molecular complexity index is 605. The van der Waals surface area contributed by atoms with Gasteiger partial charge in [0.15, 0.2) is 5.96 Å². The lowest BCUT2D eigenvalue weighted by molar-refractivity contribution is -0.00687. The zero-order chi connectivity index (χ0) is 18.6. The van der Waals surface area contributed by atoms with Crippen LogP contribution in [-0.4, -0.2) is 80.3 Å². The Morgan fingerprint density at radius 1 is 1.08 bits per heavy atom. The van der Waals surface area contributed by atoms with Gasteiger partial charge in [-0.3, -0.25) is 9.89 Å². The maximum Gasteiger partial charge on any atom is 0.191 e. The van der Waals surface area contributed by atoms with Gasteiger partial charge in [-0.1, -0.05) is 0 Å². The summed E-state index contributed by atoms with van der Waals surface area (Å²) in [5.41, 5.74) is 7.28. The summed E-state index contributed by atoms with van der Waals surface area (Å²) in [6.45, 7) is 11.9. The van der Waals surface area contributed by atoms with Crippen LogP contribution in [0.1, 0.15) is 13.8 Å². The van der Waals surface area contributed by atoms with E-state index in [0.717, 1.165) is 58.2 Å². The van der Waals surface area contributed by atoms with Crippen molar-refractivity contribution in [1.82, 2.24) is 9.80 Å². The van der Waals surface area contributed by atoms with E-state index in [2.05, 4.69) is 33.5 Å². The molecule has 2 aliphatic heterocycles. The number of morpholine rings is 1. The predicted octanol–water partition coefficient (Wildman–Crippen LogP) is 1.37. The number of guanidine groups is 1. The second-order valence-electron chi connectivity index (χ2n) is 7.54. The van der Waals surface area contributed by atoms with E-state index in [-0.39, 0.29) is 11.4 Å². The first-order chi connectivity index (χ1) is 12.5. The molecule has 144 valence electrons. The normalized spacial score (nSPS) is 20.5. The fourth-order valence-electron chi connectivity index (χ4n) is 3.49. The molecule has 2 N–H and O–H groups in total. The second kappa shape index (κ2) is 8.22. The Morgan fingerprint density at radius 3 is 2.31 bits per heavy atom. The Balaban J connectivity index is 1.51. The third-order valence-corrected chi connectivity index (χ3v) is 5.29. The average Bonchev–Trinajstić information content (AvgIpc) is 2.68. The van der Waals surface area contributed by atoms with Gasteiger partial charge >= 0.3 is 0 Å². The van der Waals surface area contributed by atoms with Gasteiger partial charge in [-0.05, 0) is 38.1 Å². The van der Waals surface area contributed by atoms with Crippen molar-refractivity contribution in [3.05, 3.63) is 30.1 Å². The van der Waals surface area contributed by atoms with Crippen molar-refractivity contribution in [2.24, 2.45) is 10.7 Å². The van der Waals surface area contributed by atoms with E-state index in [0.29, 0.717) is 12.5 Å². The van der Waals surface area contributed by atoms with E-state index < -0.39 is 0 Å². The maximum atomic E-state index is 13.1. The number of rotatable bonds is 4. The Kier molecular flexibility index (Phi) is 5.98. The minimum atomic E-state index is -0.202. The van der Waals surface area contributed by atoms with Gasteiger partial charge < -0.3 is 20.3 Å². The summed E-state index contributed by atoms with van der Waals surface area (Å²) >= 11 is 0. The number of anilines is 1. The third-order valence-electron chi connectivity index (χ3n) is 5.29. The summed E-state index contributed by atoms with van der Waals surface area (Å²) in [6.07, 6.45) is 0. The molecule has 0 saturated carbocycles. The number of aliphatic imine (C=N–C) groups is 1. The van der Waals surface area contributed by atoms with Crippen molar-refractivity contribution in [2.45, 2.75) is 19.4 Å². The van der Waals surface area contributed by atoms with Gasteiger partial charge in [0.1, 0.15) is 5.82 Å². The van der Waals surface area contributed by atoms with E-state index >= 15 is 0 Å². The van der Waals surface area contributed by atoms with Gasteiger partial charge in [0.05, 0.1) is 19.8 Å². The summed E-state index contributed by atoms with van der Waals surface area (Å²) in [5.74, 6) is 0.414. The van der Waals surface area contributed by atoms with Crippen LogP contribution in [0.5, 0.6) is 0 Å². The molecule has 3 rings (SSSR count). The highest BCUT2D eigenvalue weighted by atomic mass is 19.1. The molecule has 0 atom stereocenters. The fraction of sp³-hybridized carbons (Fsp3) is 0.632. The Hall–Kier alpha value is -1.86. The van der Waals surface area contributed by atoms with E-state index in [1.807, 2.05) is 12.1 Å². The van der Waals surface area contributed by atoms with Gasteiger partial charge in [0.2, 0.25) is 0 Å². The average molecular weight is 363 g/mol. The fourth-order valence-corrected chi connectivity index (χ4v) is 3.49. The number of halogens is 1. The van der Waals surface area contributed by atoms with Gasteiger partial charge in [-0.25, -0.2) is 4.39 Å². The van der Waals surface area contributed by atoms with Crippen LogP contribution in [0.25, 0.3) is 0 Å². The molecule has 26 heavy (non-hydrogen) atoms. The number of nitrogens with two attached hydrogens (primary N) is 1. The second-order valence-corrected chi connectivity index (χ2v) is 7.54. The smallest absolute Gasteiger partial charge is 0.191 e. The first-order valence-corrected chi connectivity index (χ1v) is 9.34. The van der Waals surface area contributed by atoms with Crippen LogP contribution in [0.15, 0.2) is 29.3 Å². The quantitative estimate of drug-likeness (QED) is 0.647. The van der Waals surface area contributed by atoms with E-state index in [4.69, 9.17) is 10.5 Å². The van der Waals surface area contributed by atoms with Crippen LogP contribution >= 0.6 is 0 Å². The van der Waals surface area contributed by atoms with Crippen LogP contribution in [-0.2, 0) is 4.74 Å². The summed E-state index contributed by atoms with van der Waals surface area (Å²) in [4.78, 5) is 11.5. The maximum absolute atomic E-state index is 13.1. The SMILES string of the molecule is CC(C)(CN=C(N)N1CCN(c2ccc(F)cc2)CC1)N1CCOCC1. The summed E-state index contributed by atoms with van der Waals surface area (Å²) in [5, 5.41) is 0. The minimum absolute atomic E-state index is 0.0235. The first kappa shape index (κ1) is 18.9. The molecule has 1 aromatic carbocycles. The molecule has 0 amide bonds. The predicted molar refractivity (Wildman–Crippen MR) is 103 cm³/mol. The number of piperazine rings is 1. The Labute approximate surface area is 155 Å². The van der Waals surface area contributed by atoms with Crippen molar-refractivity contribution >= 4 is 11.6 Å². The molecule has 0 bridgehead atoms. The van der Waals surface area contributed by atoms with Crippen molar-refractivity contribution in [3.63, 3.8) is 0 Å². The van der Waals surface area contributed by atoms with E-state index in [9.17, 15) is 4.39 Å². The molecule has 6 nitrogen and oxygen atoms in total. The number of ether oxygens (including phenoxy) is 1. The number of benzene rings is 1. The van der Waals surface area contributed by atoms with Crippen molar-refractivity contribution in [1.29, 1.82) is 0 Å². The molecule has 2 saturated heterocycles. The van der Waals surface area contributed by atoms with Crippen molar-refractivity contribution in [3.8, 4) is 0 Å². The summed E-state index contributed by atoms with van der Waals surface area (Å²) in [7, 11) is 0. The van der Waals surface area contributed by atoms with Crippen LogP contribution in [0.4, 0.5) is 10.1 Å². The monoisotopic (exact) mass is 363 g/mol. The molecule has 0 radical (unpaired) electrons. The first-order valence-electron chi connectivity index (χ1n) is 9.34. The van der Waals surface area contributed by atoms with E-state index in [1.165, 1.54) is 12.1 Å². The van der Waals surface area contributed by atoms with Crippen LogP contribution in [0, 0.1) is 5.82 Å². The largest absolute Gasteiger partial charge is 0.379 e. The number of hydrogen-bond acceptors (Lipinski definition) is 4. The van der Waals surface area contributed by atoms with Gasteiger partial charge in [0, 0.05) is 50.5 Å². The lowest BCUT2D eigenvalue weighted by Gasteiger charge is -2.40. The minimum Gasteiger partial charge on any atom is -0.379 e. The van der Waals surface area contributed by atoms with Crippen LogP contribution < -0.4 is 10.6 Å². The van der Waals surface area contributed by atoms with E-state index in [1.54, 1.807) is 0 Å². The Morgan fingerprint density at radius 2 is 1.69 bits per heavy atom. The van der Waals surface area contributed by atoms with Gasteiger partial charge in [0.25, 0.3) is 0 Å². The highest BCUT2D eigenvalue weighted by Crippen LogP contribution is 2.18. The molecular formula is C19H30FN5O. The van der Waals surface area contributed by atoms with Crippen LogP contribution in [0.2, 0.25) is 0 Å². The zero-order valence-electron chi connectivity index (χ0n) is 15.8. The molecule has 0 aliphatic carbocycles. The number of hydrogen-bond donors (Lipinski definition) is 1. The van der Waals surface area contributed by atoms with Crippen molar-refractivity contribution in [2.75, 3.05) is 63.9 Å². The molecule has 1 aromatic rings. The van der Waals surface area contributed by atoms with Gasteiger partial charge in [-0.15, -0.1) is 0 Å².